The highest BCUT2D eigenvalue weighted by atomic mass is 33.1. The van der Waals surface area contributed by atoms with Crippen molar-refractivity contribution in [3.63, 3.8) is 0 Å². The summed E-state index contributed by atoms with van der Waals surface area (Å²) in [5, 5.41) is 10.8. The van der Waals surface area contributed by atoms with Crippen LogP contribution in [-0.4, -0.2) is 80.5 Å². The molecular formula is C16H29NO7S2. The molecule has 10 heteroatoms. The van der Waals surface area contributed by atoms with Crippen molar-refractivity contribution in [2.24, 2.45) is 0 Å². The van der Waals surface area contributed by atoms with Crippen molar-refractivity contribution < 1.29 is 33.7 Å². The first-order valence-electron chi connectivity index (χ1n) is 8.45. The molecule has 0 aliphatic heterocycles. The van der Waals surface area contributed by atoms with Crippen molar-refractivity contribution in [1.82, 2.24) is 5.32 Å². The summed E-state index contributed by atoms with van der Waals surface area (Å²) in [4.78, 5) is 33.6. The van der Waals surface area contributed by atoms with E-state index >= 15 is 0 Å². The third-order valence-electron chi connectivity index (χ3n) is 3.07. The molecule has 0 aromatic rings. The maximum atomic E-state index is 11.9. The minimum Gasteiger partial charge on any atom is -0.481 e. The Kier molecular flexibility index (Phi) is 17.0. The molecule has 0 aromatic carbocycles. The molecular weight excluding hydrogens is 382 g/mol. The maximum Gasteiger partial charge on any atom is 0.305 e. The fourth-order valence-corrected chi connectivity index (χ4v) is 3.49. The number of rotatable bonds is 18. The van der Waals surface area contributed by atoms with Gasteiger partial charge in [0.2, 0.25) is 5.91 Å². The van der Waals surface area contributed by atoms with Crippen LogP contribution in [0.2, 0.25) is 0 Å². The van der Waals surface area contributed by atoms with Crippen molar-refractivity contribution in [2.45, 2.75) is 31.4 Å². The van der Waals surface area contributed by atoms with Crippen molar-refractivity contribution in [3.8, 4) is 0 Å². The van der Waals surface area contributed by atoms with Crippen LogP contribution in [0.5, 0.6) is 0 Å². The standard InChI is InChI=1S/C16H29NO7S2/c1-3-13(18)4-6-22-8-10-24-11-9-23-7-5-17-16(21)14(26-25-2)12-15(19)20/h14H,3-12H2,1-2H3,(H,17,21)(H,19,20). The van der Waals surface area contributed by atoms with Gasteiger partial charge in [-0.3, -0.25) is 14.4 Å². The summed E-state index contributed by atoms with van der Waals surface area (Å²) < 4.78 is 15.9. The second-order valence-corrected chi connectivity index (χ2v) is 7.79. The van der Waals surface area contributed by atoms with Gasteiger partial charge in [0.15, 0.2) is 0 Å². The zero-order valence-corrected chi connectivity index (χ0v) is 17.0. The van der Waals surface area contributed by atoms with Gasteiger partial charge in [0.1, 0.15) is 11.0 Å². The number of nitrogens with one attached hydrogen (secondary N) is 1. The number of hydrogen-bond donors (Lipinski definition) is 2. The maximum absolute atomic E-state index is 11.9. The second-order valence-electron chi connectivity index (χ2n) is 5.12. The highest BCUT2D eigenvalue weighted by molar-refractivity contribution is 8.76. The smallest absolute Gasteiger partial charge is 0.305 e. The minimum absolute atomic E-state index is 0.188. The number of carboxylic acids is 1. The fourth-order valence-electron chi connectivity index (χ4n) is 1.71. The van der Waals surface area contributed by atoms with E-state index in [9.17, 15) is 14.4 Å². The Bertz CT molecular complexity index is 410. The van der Waals surface area contributed by atoms with Crippen LogP contribution in [0.4, 0.5) is 0 Å². The molecule has 0 aromatic heterocycles. The first kappa shape index (κ1) is 25.2. The normalized spacial score (nSPS) is 11.9. The Morgan fingerprint density at radius 2 is 1.58 bits per heavy atom. The van der Waals surface area contributed by atoms with Gasteiger partial charge in [-0.1, -0.05) is 28.5 Å². The predicted octanol–water partition coefficient (Wildman–Crippen LogP) is 1.38. The lowest BCUT2D eigenvalue weighted by atomic mass is 10.2. The molecule has 1 unspecified atom stereocenters. The Hall–Kier alpha value is -0.810. The lowest BCUT2D eigenvalue weighted by Gasteiger charge is -2.13. The molecule has 0 spiro atoms. The Balaban J connectivity index is 3.48. The van der Waals surface area contributed by atoms with E-state index in [2.05, 4.69) is 5.32 Å². The Morgan fingerprint density at radius 3 is 2.12 bits per heavy atom. The molecule has 1 atom stereocenters. The minimum atomic E-state index is -0.999. The lowest BCUT2D eigenvalue weighted by molar-refractivity contribution is -0.138. The number of Topliss-reactive ketones (excluding diaryl/α,β-unsaturated/α-hetero) is 1. The highest BCUT2D eigenvalue weighted by Crippen LogP contribution is 2.26. The zero-order chi connectivity index (χ0) is 19.6. The van der Waals surface area contributed by atoms with Crippen LogP contribution in [-0.2, 0) is 28.6 Å². The van der Waals surface area contributed by atoms with Gasteiger partial charge >= 0.3 is 5.97 Å². The zero-order valence-electron chi connectivity index (χ0n) is 15.4. The predicted molar refractivity (Wildman–Crippen MR) is 103 cm³/mol. The van der Waals surface area contributed by atoms with E-state index in [-0.39, 0.29) is 18.1 Å². The summed E-state index contributed by atoms with van der Waals surface area (Å²) in [6.07, 6.45) is 2.56. The number of hydrogen-bond acceptors (Lipinski definition) is 8. The molecule has 152 valence electrons. The molecule has 0 saturated carbocycles. The average Bonchev–Trinajstić information content (AvgIpc) is 2.61. The van der Waals surface area contributed by atoms with E-state index in [4.69, 9.17) is 19.3 Å². The SMILES string of the molecule is CCC(=O)CCOCCOCCOCCNC(=O)C(CC(=O)O)SSC. The largest absolute Gasteiger partial charge is 0.481 e. The van der Waals surface area contributed by atoms with Crippen molar-refractivity contribution in [3.05, 3.63) is 0 Å². The Morgan fingerprint density at radius 1 is 1.00 bits per heavy atom. The van der Waals surface area contributed by atoms with Crippen LogP contribution in [0.25, 0.3) is 0 Å². The van der Waals surface area contributed by atoms with E-state index in [0.717, 1.165) is 0 Å². The molecule has 0 radical (unpaired) electrons. The molecule has 0 aliphatic rings. The molecule has 0 heterocycles. The van der Waals surface area contributed by atoms with Crippen LogP contribution < -0.4 is 5.32 Å². The second kappa shape index (κ2) is 17.6. The molecule has 0 saturated heterocycles. The van der Waals surface area contributed by atoms with Gasteiger partial charge in [0.05, 0.1) is 46.1 Å². The fraction of sp³-hybridized carbons (Fsp3) is 0.812. The summed E-state index contributed by atoms with van der Waals surface area (Å²) in [6, 6.07) is 0. The van der Waals surface area contributed by atoms with Gasteiger partial charge in [-0.25, -0.2) is 0 Å². The van der Waals surface area contributed by atoms with E-state index in [0.29, 0.717) is 59.0 Å². The van der Waals surface area contributed by atoms with Gasteiger partial charge in [-0.15, -0.1) is 0 Å². The van der Waals surface area contributed by atoms with Gasteiger partial charge in [-0.2, -0.15) is 0 Å². The summed E-state index contributed by atoms with van der Waals surface area (Å²) >= 11 is 0. The monoisotopic (exact) mass is 411 g/mol. The summed E-state index contributed by atoms with van der Waals surface area (Å²) in [6.45, 7) is 4.57. The molecule has 0 rings (SSSR count). The number of carboxylic acid groups (broad SMARTS) is 1. The molecule has 0 aliphatic carbocycles. The average molecular weight is 412 g/mol. The van der Waals surface area contributed by atoms with Crippen LogP contribution in [0.15, 0.2) is 0 Å². The Labute approximate surface area is 162 Å². The number of aliphatic carboxylic acids is 1. The van der Waals surface area contributed by atoms with E-state index < -0.39 is 11.2 Å². The van der Waals surface area contributed by atoms with Crippen molar-refractivity contribution in [1.29, 1.82) is 0 Å². The highest BCUT2D eigenvalue weighted by Gasteiger charge is 2.21. The van der Waals surface area contributed by atoms with Crippen LogP contribution >= 0.6 is 21.6 Å². The van der Waals surface area contributed by atoms with Gasteiger partial charge < -0.3 is 24.6 Å². The molecule has 0 fully saturated rings. The number of carbonyl (C=O) groups excluding carboxylic acids is 2. The quantitative estimate of drug-likeness (QED) is 0.255. The van der Waals surface area contributed by atoms with Crippen molar-refractivity contribution in [2.75, 3.05) is 52.4 Å². The topological polar surface area (TPSA) is 111 Å². The van der Waals surface area contributed by atoms with Gasteiger partial charge in [0, 0.05) is 19.4 Å². The lowest BCUT2D eigenvalue weighted by Crippen LogP contribution is -2.36. The first-order valence-corrected chi connectivity index (χ1v) is 11.1. The molecule has 1 amide bonds. The van der Waals surface area contributed by atoms with E-state index in [1.165, 1.54) is 21.6 Å². The number of ether oxygens (including phenoxy) is 3. The summed E-state index contributed by atoms with van der Waals surface area (Å²) in [5.74, 6) is -1.11. The molecule has 26 heavy (non-hydrogen) atoms. The third kappa shape index (κ3) is 15.4. The molecule has 2 N–H and O–H groups in total. The van der Waals surface area contributed by atoms with Crippen LogP contribution in [0, 0.1) is 0 Å². The van der Waals surface area contributed by atoms with Crippen LogP contribution in [0.3, 0.4) is 0 Å². The first-order chi connectivity index (χ1) is 12.5. The van der Waals surface area contributed by atoms with Crippen molar-refractivity contribution >= 4 is 39.2 Å². The van der Waals surface area contributed by atoms with E-state index in [1.54, 1.807) is 6.26 Å². The summed E-state index contributed by atoms with van der Waals surface area (Å²) in [5.41, 5.74) is 0. The number of carbonyl (C=O) groups is 3. The third-order valence-corrected chi connectivity index (χ3v) is 5.15. The van der Waals surface area contributed by atoms with Gasteiger partial charge in [0.25, 0.3) is 0 Å². The molecule has 0 bridgehead atoms. The number of ketones is 1. The summed E-state index contributed by atoms with van der Waals surface area (Å²) in [7, 11) is 2.59. The van der Waals surface area contributed by atoms with Crippen LogP contribution in [0.1, 0.15) is 26.2 Å². The molecule has 8 nitrogen and oxygen atoms in total. The van der Waals surface area contributed by atoms with Gasteiger partial charge in [-0.05, 0) is 6.26 Å². The number of amides is 1. The van der Waals surface area contributed by atoms with E-state index in [1.807, 2.05) is 6.92 Å².